The molecule has 6 heteroatoms. The SMILES string of the molecule is Cl.NCC1(C(=O)Nc2ccc3c(c2)OCCO3)CCCC1. The molecule has 1 heterocycles. The van der Waals surface area contributed by atoms with Crippen molar-refractivity contribution >= 4 is 24.0 Å². The van der Waals surface area contributed by atoms with Gasteiger partial charge in [-0.3, -0.25) is 4.79 Å². The molecule has 0 atom stereocenters. The number of nitrogens with one attached hydrogen (secondary N) is 1. The normalized spacial score (nSPS) is 18.7. The van der Waals surface area contributed by atoms with Crippen LogP contribution in [-0.4, -0.2) is 25.7 Å². The molecule has 1 fully saturated rings. The summed E-state index contributed by atoms with van der Waals surface area (Å²) in [4.78, 5) is 12.5. The highest BCUT2D eigenvalue weighted by Crippen LogP contribution is 2.39. The van der Waals surface area contributed by atoms with Crippen molar-refractivity contribution in [2.75, 3.05) is 25.1 Å². The lowest BCUT2D eigenvalue weighted by molar-refractivity contribution is -0.124. The number of fused-ring (bicyclic) bond motifs is 1. The molecule has 3 N–H and O–H groups in total. The van der Waals surface area contributed by atoms with E-state index in [0.717, 1.165) is 37.1 Å². The van der Waals surface area contributed by atoms with E-state index >= 15 is 0 Å². The van der Waals surface area contributed by atoms with E-state index in [4.69, 9.17) is 15.2 Å². The summed E-state index contributed by atoms with van der Waals surface area (Å²) < 4.78 is 11.0. The number of carbonyl (C=O) groups excluding carboxylic acids is 1. The van der Waals surface area contributed by atoms with Gasteiger partial charge in [0.15, 0.2) is 11.5 Å². The average molecular weight is 313 g/mol. The molecule has 5 nitrogen and oxygen atoms in total. The maximum atomic E-state index is 12.5. The Morgan fingerprint density at radius 2 is 1.86 bits per heavy atom. The number of amides is 1. The molecule has 1 aliphatic heterocycles. The summed E-state index contributed by atoms with van der Waals surface area (Å²) in [6.07, 6.45) is 3.90. The molecular weight excluding hydrogens is 292 g/mol. The van der Waals surface area contributed by atoms with E-state index in [-0.39, 0.29) is 18.3 Å². The van der Waals surface area contributed by atoms with Crippen molar-refractivity contribution in [2.24, 2.45) is 11.1 Å². The van der Waals surface area contributed by atoms with Gasteiger partial charge in [0.2, 0.25) is 5.91 Å². The number of anilines is 1. The maximum absolute atomic E-state index is 12.5. The Balaban J connectivity index is 0.00000161. The fourth-order valence-corrected chi connectivity index (χ4v) is 2.96. The molecule has 3 rings (SSSR count). The van der Waals surface area contributed by atoms with Gasteiger partial charge in [-0.1, -0.05) is 12.8 Å². The minimum Gasteiger partial charge on any atom is -0.486 e. The molecule has 1 aliphatic carbocycles. The van der Waals surface area contributed by atoms with Crippen LogP contribution in [0.2, 0.25) is 0 Å². The van der Waals surface area contributed by atoms with Crippen LogP contribution in [0.25, 0.3) is 0 Å². The number of hydrogen-bond donors (Lipinski definition) is 2. The largest absolute Gasteiger partial charge is 0.486 e. The first-order valence-corrected chi connectivity index (χ1v) is 7.15. The lowest BCUT2D eigenvalue weighted by atomic mass is 9.85. The quantitative estimate of drug-likeness (QED) is 0.898. The minimum absolute atomic E-state index is 0. The van der Waals surface area contributed by atoms with Crippen LogP contribution < -0.4 is 20.5 Å². The molecule has 116 valence electrons. The Labute approximate surface area is 130 Å². The number of benzene rings is 1. The summed E-state index contributed by atoms with van der Waals surface area (Å²) in [6, 6.07) is 5.48. The topological polar surface area (TPSA) is 73.6 Å². The third-order valence-electron chi connectivity index (χ3n) is 4.23. The molecule has 0 spiro atoms. The van der Waals surface area contributed by atoms with Crippen LogP contribution in [0.15, 0.2) is 18.2 Å². The van der Waals surface area contributed by atoms with Crippen LogP contribution in [0.3, 0.4) is 0 Å². The molecular formula is C15H21ClN2O3. The maximum Gasteiger partial charge on any atom is 0.231 e. The van der Waals surface area contributed by atoms with E-state index in [2.05, 4.69) is 5.32 Å². The minimum atomic E-state index is -0.396. The Morgan fingerprint density at radius 3 is 2.52 bits per heavy atom. The summed E-state index contributed by atoms with van der Waals surface area (Å²) >= 11 is 0. The first-order valence-electron chi connectivity index (χ1n) is 7.15. The van der Waals surface area contributed by atoms with E-state index in [0.29, 0.717) is 25.5 Å². The summed E-state index contributed by atoms with van der Waals surface area (Å²) in [5.74, 6) is 1.43. The Bertz CT molecular complexity index is 516. The smallest absolute Gasteiger partial charge is 0.231 e. The van der Waals surface area contributed by atoms with Gasteiger partial charge in [-0.2, -0.15) is 0 Å². The number of hydrogen-bond acceptors (Lipinski definition) is 4. The van der Waals surface area contributed by atoms with Gasteiger partial charge < -0.3 is 20.5 Å². The zero-order valence-corrected chi connectivity index (χ0v) is 12.7. The molecule has 1 amide bonds. The molecule has 0 aromatic heterocycles. The van der Waals surface area contributed by atoms with Gasteiger partial charge in [0.25, 0.3) is 0 Å². The van der Waals surface area contributed by atoms with E-state index in [1.54, 1.807) is 0 Å². The predicted molar refractivity (Wildman–Crippen MR) is 83.3 cm³/mol. The third kappa shape index (κ3) is 3.09. The summed E-state index contributed by atoms with van der Waals surface area (Å²) in [6.45, 7) is 1.51. The van der Waals surface area contributed by atoms with Gasteiger partial charge in [0.1, 0.15) is 13.2 Å². The lowest BCUT2D eigenvalue weighted by Crippen LogP contribution is -2.40. The van der Waals surface area contributed by atoms with Crippen LogP contribution >= 0.6 is 12.4 Å². The zero-order valence-electron chi connectivity index (χ0n) is 11.9. The third-order valence-corrected chi connectivity index (χ3v) is 4.23. The van der Waals surface area contributed by atoms with Crippen LogP contribution in [-0.2, 0) is 4.79 Å². The first-order chi connectivity index (χ1) is 9.73. The van der Waals surface area contributed by atoms with Crippen LogP contribution in [0.4, 0.5) is 5.69 Å². The standard InChI is InChI=1S/C15H20N2O3.ClH/c16-10-15(5-1-2-6-15)14(18)17-11-3-4-12-13(9-11)20-8-7-19-12;/h3-4,9H,1-2,5-8,10,16H2,(H,17,18);1H. The fourth-order valence-electron chi connectivity index (χ4n) is 2.96. The predicted octanol–water partition coefficient (Wildman–Crippen LogP) is 2.34. The second-order valence-corrected chi connectivity index (χ2v) is 5.50. The lowest BCUT2D eigenvalue weighted by Gasteiger charge is -2.26. The highest BCUT2D eigenvalue weighted by atomic mass is 35.5. The Hall–Kier alpha value is -1.46. The van der Waals surface area contributed by atoms with Crippen molar-refractivity contribution in [1.82, 2.24) is 0 Å². The number of carbonyl (C=O) groups is 1. The summed E-state index contributed by atoms with van der Waals surface area (Å²) in [7, 11) is 0. The van der Waals surface area contributed by atoms with Crippen LogP contribution in [0.5, 0.6) is 11.5 Å². The number of ether oxygens (including phenoxy) is 2. The molecule has 1 saturated carbocycles. The van der Waals surface area contributed by atoms with Crippen molar-refractivity contribution in [1.29, 1.82) is 0 Å². The highest BCUT2D eigenvalue weighted by molar-refractivity contribution is 5.96. The van der Waals surface area contributed by atoms with Crippen molar-refractivity contribution in [3.63, 3.8) is 0 Å². The van der Waals surface area contributed by atoms with Crippen LogP contribution in [0, 0.1) is 5.41 Å². The van der Waals surface area contributed by atoms with Crippen molar-refractivity contribution in [3.8, 4) is 11.5 Å². The molecule has 1 aromatic carbocycles. The zero-order chi connectivity index (χ0) is 14.0. The van der Waals surface area contributed by atoms with E-state index in [9.17, 15) is 4.79 Å². The molecule has 21 heavy (non-hydrogen) atoms. The van der Waals surface area contributed by atoms with Gasteiger partial charge in [-0.25, -0.2) is 0 Å². The monoisotopic (exact) mass is 312 g/mol. The second-order valence-electron chi connectivity index (χ2n) is 5.50. The van der Waals surface area contributed by atoms with E-state index < -0.39 is 5.41 Å². The molecule has 0 radical (unpaired) electrons. The summed E-state index contributed by atoms with van der Waals surface area (Å²) in [5, 5.41) is 2.97. The molecule has 2 aliphatic rings. The summed E-state index contributed by atoms with van der Waals surface area (Å²) in [5.41, 5.74) is 6.17. The van der Waals surface area contributed by atoms with Crippen molar-refractivity contribution in [2.45, 2.75) is 25.7 Å². The molecule has 0 unspecified atom stereocenters. The fraction of sp³-hybridized carbons (Fsp3) is 0.533. The van der Waals surface area contributed by atoms with Crippen molar-refractivity contribution in [3.05, 3.63) is 18.2 Å². The molecule has 1 aromatic rings. The van der Waals surface area contributed by atoms with Gasteiger partial charge in [0.05, 0.1) is 5.41 Å². The average Bonchev–Trinajstić information content (AvgIpc) is 2.97. The van der Waals surface area contributed by atoms with E-state index in [1.807, 2.05) is 18.2 Å². The Kier molecular flexibility index (Phi) is 4.96. The van der Waals surface area contributed by atoms with Crippen LogP contribution in [0.1, 0.15) is 25.7 Å². The molecule has 0 bridgehead atoms. The highest BCUT2D eigenvalue weighted by Gasteiger charge is 2.39. The molecule has 0 saturated heterocycles. The van der Waals surface area contributed by atoms with Crippen molar-refractivity contribution < 1.29 is 14.3 Å². The number of rotatable bonds is 3. The second kappa shape index (κ2) is 6.54. The van der Waals surface area contributed by atoms with Gasteiger partial charge in [-0.05, 0) is 25.0 Å². The Morgan fingerprint density at radius 1 is 1.19 bits per heavy atom. The van der Waals surface area contributed by atoms with E-state index in [1.165, 1.54) is 0 Å². The number of nitrogens with two attached hydrogens (primary N) is 1. The van der Waals surface area contributed by atoms with Gasteiger partial charge in [0, 0.05) is 18.3 Å². The first kappa shape index (κ1) is 15.9. The van der Waals surface area contributed by atoms with Gasteiger partial charge >= 0.3 is 0 Å². The number of halogens is 1. The van der Waals surface area contributed by atoms with Gasteiger partial charge in [-0.15, -0.1) is 12.4 Å².